The van der Waals surface area contributed by atoms with E-state index in [0.29, 0.717) is 18.7 Å². The van der Waals surface area contributed by atoms with E-state index in [2.05, 4.69) is 20.0 Å². The molecule has 2 aromatic rings. The normalized spacial score (nSPS) is 27.5. The molecule has 2 heterocycles. The van der Waals surface area contributed by atoms with E-state index in [0.717, 1.165) is 11.8 Å². The van der Waals surface area contributed by atoms with Crippen molar-refractivity contribution in [1.29, 1.82) is 0 Å². The molecule has 1 fully saturated rings. The van der Waals surface area contributed by atoms with Gasteiger partial charge in [0.1, 0.15) is 5.69 Å². The van der Waals surface area contributed by atoms with Crippen LogP contribution in [0.3, 0.4) is 0 Å². The van der Waals surface area contributed by atoms with Gasteiger partial charge in [-0.1, -0.05) is 5.21 Å². The summed E-state index contributed by atoms with van der Waals surface area (Å²) >= 11 is 0. The number of nitrogens with one attached hydrogen (secondary N) is 1. The summed E-state index contributed by atoms with van der Waals surface area (Å²) in [6, 6.07) is 2.95. The zero-order chi connectivity index (χ0) is 17.3. The van der Waals surface area contributed by atoms with E-state index in [1.807, 2.05) is 6.07 Å². The van der Waals surface area contributed by atoms with Gasteiger partial charge in [0.15, 0.2) is 0 Å². The third-order valence-electron chi connectivity index (χ3n) is 4.08. The van der Waals surface area contributed by atoms with E-state index in [9.17, 15) is 18.6 Å². The van der Waals surface area contributed by atoms with Gasteiger partial charge in [-0.2, -0.15) is 0 Å². The molecule has 0 aliphatic heterocycles. The van der Waals surface area contributed by atoms with Crippen LogP contribution in [-0.4, -0.2) is 63.1 Å². The first kappa shape index (κ1) is 17.0. The molecule has 130 valence electrons. The van der Waals surface area contributed by atoms with Crippen molar-refractivity contribution in [2.45, 2.75) is 31.2 Å². The SMILES string of the molecule is CS(=O)(=O)N[C@@H]1C[C@H](Cn2cc(-c3cccnc3)nn2)[C@@H](O)[C@H]1O. The van der Waals surface area contributed by atoms with E-state index in [4.69, 9.17) is 0 Å². The summed E-state index contributed by atoms with van der Waals surface area (Å²) in [7, 11) is -3.45. The molecule has 2 aromatic heterocycles. The van der Waals surface area contributed by atoms with Gasteiger partial charge in [-0.25, -0.2) is 13.1 Å². The van der Waals surface area contributed by atoms with Crippen molar-refractivity contribution in [1.82, 2.24) is 24.7 Å². The average molecular weight is 353 g/mol. The van der Waals surface area contributed by atoms with E-state index in [-0.39, 0.29) is 5.92 Å². The number of aromatic nitrogens is 4. The quantitative estimate of drug-likeness (QED) is 0.628. The van der Waals surface area contributed by atoms with Gasteiger partial charge in [0.25, 0.3) is 0 Å². The number of hydrogen-bond acceptors (Lipinski definition) is 7. The van der Waals surface area contributed by atoms with Crippen LogP contribution in [0.5, 0.6) is 0 Å². The Morgan fingerprint density at radius 3 is 2.83 bits per heavy atom. The van der Waals surface area contributed by atoms with Gasteiger partial charge in [-0.05, 0) is 18.6 Å². The lowest BCUT2D eigenvalue weighted by molar-refractivity contribution is 0.00974. The molecule has 24 heavy (non-hydrogen) atoms. The van der Waals surface area contributed by atoms with Crippen LogP contribution in [-0.2, 0) is 16.6 Å². The standard InChI is InChI=1S/C14H19N5O4S/c1-24(22,23)17-11-5-10(13(20)14(11)21)7-19-8-12(16-18-19)9-3-2-4-15-6-9/h2-4,6,8,10-11,13-14,17,20-21H,5,7H2,1H3/t10-,11-,13-,14+/m1/s1. The highest BCUT2D eigenvalue weighted by Crippen LogP contribution is 2.28. The van der Waals surface area contributed by atoms with Crippen LogP contribution in [0.4, 0.5) is 0 Å². The Bertz CT molecular complexity index is 795. The van der Waals surface area contributed by atoms with E-state index < -0.39 is 28.3 Å². The van der Waals surface area contributed by atoms with Gasteiger partial charge in [-0.3, -0.25) is 9.67 Å². The minimum atomic E-state index is -3.45. The lowest BCUT2D eigenvalue weighted by atomic mass is 10.1. The van der Waals surface area contributed by atoms with Crippen molar-refractivity contribution in [2.24, 2.45) is 5.92 Å². The fraction of sp³-hybridized carbons (Fsp3) is 0.500. The highest BCUT2D eigenvalue weighted by molar-refractivity contribution is 7.88. The topological polar surface area (TPSA) is 130 Å². The Labute approximate surface area is 139 Å². The van der Waals surface area contributed by atoms with E-state index in [1.165, 1.54) is 0 Å². The van der Waals surface area contributed by atoms with Crippen molar-refractivity contribution in [3.63, 3.8) is 0 Å². The first-order valence-electron chi connectivity index (χ1n) is 7.47. The zero-order valence-electron chi connectivity index (χ0n) is 13.0. The van der Waals surface area contributed by atoms with Crippen LogP contribution in [0.25, 0.3) is 11.3 Å². The second-order valence-electron chi connectivity index (χ2n) is 6.04. The van der Waals surface area contributed by atoms with Gasteiger partial charge in [0, 0.05) is 30.4 Å². The van der Waals surface area contributed by atoms with Crippen molar-refractivity contribution in [2.75, 3.05) is 6.26 Å². The van der Waals surface area contributed by atoms with Crippen LogP contribution < -0.4 is 4.72 Å². The molecular formula is C14H19N5O4S. The zero-order valence-corrected chi connectivity index (χ0v) is 13.8. The van der Waals surface area contributed by atoms with Crippen LogP contribution in [0, 0.1) is 5.92 Å². The molecule has 0 aromatic carbocycles. The molecule has 0 radical (unpaired) electrons. The molecule has 0 saturated heterocycles. The number of aliphatic hydroxyl groups excluding tert-OH is 2. The molecule has 3 rings (SSSR count). The Morgan fingerprint density at radius 1 is 1.38 bits per heavy atom. The Hall–Kier alpha value is -1.88. The summed E-state index contributed by atoms with van der Waals surface area (Å²) in [5, 5.41) is 28.3. The van der Waals surface area contributed by atoms with Crippen molar-refractivity contribution in [3.8, 4) is 11.3 Å². The molecule has 1 saturated carbocycles. The fourth-order valence-electron chi connectivity index (χ4n) is 2.97. The number of sulfonamides is 1. The largest absolute Gasteiger partial charge is 0.390 e. The minimum absolute atomic E-state index is 0.317. The lowest BCUT2D eigenvalue weighted by Gasteiger charge is -2.17. The van der Waals surface area contributed by atoms with Crippen LogP contribution in [0.1, 0.15) is 6.42 Å². The number of nitrogens with zero attached hydrogens (tertiary/aromatic N) is 4. The van der Waals surface area contributed by atoms with Crippen LogP contribution in [0.15, 0.2) is 30.7 Å². The van der Waals surface area contributed by atoms with Crippen molar-refractivity contribution < 1.29 is 18.6 Å². The Morgan fingerprint density at radius 2 is 2.17 bits per heavy atom. The fourth-order valence-corrected chi connectivity index (χ4v) is 3.76. The van der Waals surface area contributed by atoms with E-state index >= 15 is 0 Å². The average Bonchev–Trinajstić information content (AvgIpc) is 3.09. The number of hydrogen-bond donors (Lipinski definition) is 3. The summed E-state index contributed by atoms with van der Waals surface area (Å²) in [4.78, 5) is 4.02. The first-order chi connectivity index (χ1) is 11.3. The summed E-state index contributed by atoms with van der Waals surface area (Å²) in [5.41, 5.74) is 1.48. The molecule has 10 heteroatoms. The molecule has 0 unspecified atom stereocenters. The van der Waals surface area contributed by atoms with Crippen molar-refractivity contribution >= 4 is 10.0 Å². The molecule has 0 spiro atoms. The summed E-state index contributed by atoms with van der Waals surface area (Å²) < 4.78 is 26.6. The number of aliphatic hydroxyl groups is 2. The van der Waals surface area contributed by atoms with Gasteiger partial charge in [-0.15, -0.1) is 5.10 Å². The lowest BCUT2D eigenvalue weighted by Crippen LogP contribution is -2.42. The van der Waals surface area contributed by atoms with E-state index in [1.54, 1.807) is 29.3 Å². The molecule has 1 aliphatic rings. The second kappa shape index (κ2) is 6.55. The molecule has 4 atom stereocenters. The Balaban J connectivity index is 1.69. The molecule has 9 nitrogen and oxygen atoms in total. The van der Waals surface area contributed by atoms with Gasteiger partial charge in [0.2, 0.25) is 10.0 Å². The summed E-state index contributed by atoms with van der Waals surface area (Å²) in [6.45, 7) is 0.327. The molecular weight excluding hydrogens is 334 g/mol. The predicted molar refractivity (Wildman–Crippen MR) is 85.1 cm³/mol. The van der Waals surface area contributed by atoms with Crippen LogP contribution in [0.2, 0.25) is 0 Å². The minimum Gasteiger partial charge on any atom is -0.390 e. The summed E-state index contributed by atoms with van der Waals surface area (Å²) in [5.74, 6) is -0.331. The predicted octanol–water partition coefficient (Wildman–Crippen LogP) is -1.00. The smallest absolute Gasteiger partial charge is 0.209 e. The van der Waals surface area contributed by atoms with Crippen LogP contribution >= 0.6 is 0 Å². The summed E-state index contributed by atoms with van der Waals surface area (Å²) in [6.07, 6.45) is 4.23. The van der Waals surface area contributed by atoms with Gasteiger partial charge in [0.05, 0.1) is 30.7 Å². The molecule has 1 aliphatic carbocycles. The van der Waals surface area contributed by atoms with Gasteiger partial charge < -0.3 is 10.2 Å². The molecule has 0 amide bonds. The monoisotopic (exact) mass is 353 g/mol. The Kier molecular flexibility index (Phi) is 4.63. The third kappa shape index (κ3) is 3.78. The van der Waals surface area contributed by atoms with Crippen molar-refractivity contribution in [3.05, 3.63) is 30.7 Å². The first-order valence-corrected chi connectivity index (χ1v) is 9.36. The highest BCUT2D eigenvalue weighted by Gasteiger charge is 2.42. The highest BCUT2D eigenvalue weighted by atomic mass is 32.2. The molecule has 0 bridgehead atoms. The maximum Gasteiger partial charge on any atom is 0.209 e. The second-order valence-corrected chi connectivity index (χ2v) is 7.82. The third-order valence-corrected chi connectivity index (χ3v) is 4.82. The number of pyridine rings is 1. The molecule has 3 N–H and O–H groups in total. The van der Waals surface area contributed by atoms with Gasteiger partial charge >= 0.3 is 0 Å². The number of rotatable bonds is 5. The maximum atomic E-state index is 11.3. The maximum absolute atomic E-state index is 11.3.